The van der Waals surface area contributed by atoms with E-state index in [0.29, 0.717) is 0 Å². The summed E-state index contributed by atoms with van der Waals surface area (Å²) in [7, 11) is 0. The number of rotatable bonds is 6. The molecule has 104 valence electrons. The second-order valence-electron chi connectivity index (χ2n) is 4.25. The number of hydrogen-bond acceptors (Lipinski definition) is 2. The van der Waals surface area contributed by atoms with Crippen molar-refractivity contribution in [2.45, 2.75) is 19.8 Å². The lowest BCUT2D eigenvalue weighted by molar-refractivity contribution is -0.141. The summed E-state index contributed by atoms with van der Waals surface area (Å²) in [5.74, 6) is -3.61. The second kappa shape index (κ2) is 6.82. The maximum absolute atomic E-state index is 13.3. The van der Waals surface area contributed by atoms with Gasteiger partial charge in [0.25, 0.3) is 0 Å². The number of carbonyl (C=O) groups is 2. The SMILES string of the molecule is CC(CCNC(=O)Cc1c(F)cccc1F)C(=O)O. The van der Waals surface area contributed by atoms with Gasteiger partial charge in [-0.05, 0) is 18.6 Å². The van der Waals surface area contributed by atoms with Crippen molar-refractivity contribution < 1.29 is 23.5 Å². The summed E-state index contributed by atoms with van der Waals surface area (Å²) in [6, 6.07) is 3.39. The fraction of sp³-hybridized carbons (Fsp3) is 0.385. The molecular formula is C13H15F2NO3. The van der Waals surface area contributed by atoms with E-state index >= 15 is 0 Å². The van der Waals surface area contributed by atoms with Crippen molar-refractivity contribution in [1.82, 2.24) is 5.32 Å². The second-order valence-corrected chi connectivity index (χ2v) is 4.25. The molecule has 0 saturated carbocycles. The smallest absolute Gasteiger partial charge is 0.306 e. The number of halogens is 2. The summed E-state index contributed by atoms with van der Waals surface area (Å²) in [5.41, 5.74) is -0.286. The Bertz CT molecular complexity index is 457. The number of nitrogens with one attached hydrogen (secondary N) is 1. The van der Waals surface area contributed by atoms with E-state index in [4.69, 9.17) is 5.11 Å². The Kier molecular flexibility index (Phi) is 5.41. The molecule has 19 heavy (non-hydrogen) atoms. The predicted molar refractivity (Wildman–Crippen MR) is 64.5 cm³/mol. The number of carboxylic acids is 1. The molecule has 1 unspecified atom stereocenters. The molecule has 0 heterocycles. The summed E-state index contributed by atoms with van der Waals surface area (Å²) >= 11 is 0. The van der Waals surface area contributed by atoms with Crippen LogP contribution in [0.4, 0.5) is 8.78 Å². The molecule has 1 aromatic carbocycles. The van der Waals surface area contributed by atoms with E-state index in [2.05, 4.69) is 5.32 Å². The molecular weight excluding hydrogens is 256 g/mol. The van der Waals surface area contributed by atoms with E-state index in [1.54, 1.807) is 0 Å². The van der Waals surface area contributed by atoms with Crippen LogP contribution >= 0.6 is 0 Å². The van der Waals surface area contributed by atoms with Crippen LogP contribution in [0.5, 0.6) is 0 Å². The third kappa shape index (κ3) is 4.65. The van der Waals surface area contributed by atoms with Crippen LogP contribution in [-0.2, 0) is 16.0 Å². The van der Waals surface area contributed by atoms with Crippen molar-refractivity contribution in [2.75, 3.05) is 6.54 Å². The molecule has 0 radical (unpaired) electrons. The Morgan fingerprint density at radius 2 is 1.89 bits per heavy atom. The fourth-order valence-corrected chi connectivity index (χ4v) is 1.48. The molecule has 0 aromatic heterocycles. The van der Waals surface area contributed by atoms with Gasteiger partial charge in [-0.2, -0.15) is 0 Å². The minimum atomic E-state index is -0.950. The largest absolute Gasteiger partial charge is 0.481 e. The summed E-state index contributed by atoms with van der Waals surface area (Å²) < 4.78 is 26.5. The van der Waals surface area contributed by atoms with Crippen LogP contribution < -0.4 is 5.32 Å². The van der Waals surface area contributed by atoms with Gasteiger partial charge in [0.2, 0.25) is 5.91 Å². The summed E-state index contributed by atoms with van der Waals surface area (Å²) in [5, 5.41) is 11.1. The first kappa shape index (κ1) is 15.1. The zero-order valence-electron chi connectivity index (χ0n) is 10.5. The maximum atomic E-state index is 13.3. The summed E-state index contributed by atoms with van der Waals surface area (Å²) in [4.78, 5) is 22.0. The van der Waals surface area contributed by atoms with Crippen LogP contribution in [0.25, 0.3) is 0 Å². The standard InChI is InChI=1S/C13H15F2NO3/c1-8(13(18)19)5-6-16-12(17)7-9-10(14)3-2-4-11(9)15/h2-4,8H,5-7H2,1H3,(H,16,17)(H,18,19). The first-order chi connectivity index (χ1) is 8.91. The number of hydrogen-bond donors (Lipinski definition) is 2. The Balaban J connectivity index is 2.46. The van der Waals surface area contributed by atoms with E-state index in [1.165, 1.54) is 13.0 Å². The first-order valence-electron chi connectivity index (χ1n) is 5.84. The normalized spacial score (nSPS) is 11.9. The molecule has 0 bridgehead atoms. The molecule has 0 aliphatic carbocycles. The van der Waals surface area contributed by atoms with Crippen LogP contribution in [-0.4, -0.2) is 23.5 Å². The van der Waals surface area contributed by atoms with Crippen molar-refractivity contribution in [3.63, 3.8) is 0 Å². The molecule has 4 nitrogen and oxygen atoms in total. The third-order valence-electron chi connectivity index (χ3n) is 2.72. The molecule has 6 heteroatoms. The van der Waals surface area contributed by atoms with Gasteiger partial charge < -0.3 is 10.4 Å². The highest BCUT2D eigenvalue weighted by atomic mass is 19.1. The number of amides is 1. The van der Waals surface area contributed by atoms with Gasteiger partial charge in [-0.25, -0.2) is 8.78 Å². The Hall–Kier alpha value is -1.98. The molecule has 1 atom stereocenters. The summed E-state index contributed by atoms with van der Waals surface area (Å²) in [6.45, 7) is 1.67. The van der Waals surface area contributed by atoms with Gasteiger partial charge in [-0.3, -0.25) is 9.59 Å². The van der Waals surface area contributed by atoms with Gasteiger partial charge in [0.1, 0.15) is 11.6 Å². The number of benzene rings is 1. The van der Waals surface area contributed by atoms with Gasteiger partial charge in [0, 0.05) is 12.1 Å². The molecule has 0 aliphatic rings. The lowest BCUT2D eigenvalue weighted by Crippen LogP contribution is -2.28. The van der Waals surface area contributed by atoms with Crippen LogP contribution in [0.1, 0.15) is 18.9 Å². The number of carboxylic acid groups (broad SMARTS) is 1. The number of aliphatic carboxylic acids is 1. The lowest BCUT2D eigenvalue weighted by Gasteiger charge is -2.08. The van der Waals surface area contributed by atoms with Crippen molar-refractivity contribution in [3.8, 4) is 0 Å². The maximum Gasteiger partial charge on any atom is 0.306 e. The minimum absolute atomic E-state index is 0.155. The Labute approximate surface area is 109 Å². The highest BCUT2D eigenvalue weighted by molar-refractivity contribution is 5.78. The van der Waals surface area contributed by atoms with E-state index in [1.807, 2.05) is 0 Å². The molecule has 0 fully saturated rings. The van der Waals surface area contributed by atoms with Gasteiger partial charge in [-0.1, -0.05) is 13.0 Å². The monoisotopic (exact) mass is 271 g/mol. The topological polar surface area (TPSA) is 66.4 Å². The Morgan fingerprint density at radius 3 is 2.42 bits per heavy atom. The fourth-order valence-electron chi connectivity index (χ4n) is 1.48. The van der Waals surface area contributed by atoms with E-state index < -0.39 is 35.8 Å². The van der Waals surface area contributed by atoms with Gasteiger partial charge in [0.05, 0.1) is 12.3 Å². The van der Waals surface area contributed by atoms with Crippen molar-refractivity contribution in [2.24, 2.45) is 5.92 Å². The molecule has 0 saturated heterocycles. The quantitative estimate of drug-likeness (QED) is 0.828. The van der Waals surface area contributed by atoms with Crippen LogP contribution in [0.15, 0.2) is 18.2 Å². The van der Waals surface area contributed by atoms with Gasteiger partial charge in [0.15, 0.2) is 0 Å². The molecule has 2 N–H and O–H groups in total. The predicted octanol–water partition coefficient (Wildman–Crippen LogP) is 1.73. The number of carbonyl (C=O) groups excluding carboxylic acids is 1. The van der Waals surface area contributed by atoms with Crippen LogP contribution in [0.2, 0.25) is 0 Å². The molecule has 1 rings (SSSR count). The van der Waals surface area contributed by atoms with E-state index in [9.17, 15) is 18.4 Å². The molecule has 1 aromatic rings. The average Bonchev–Trinajstić information content (AvgIpc) is 2.33. The van der Waals surface area contributed by atoms with Crippen LogP contribution in [0, 0.1) is 17.6 Å². The van der Waals surface area contributed by atoms with E-state index in [0.717, 1.165) is 12.1 Å². The molecule has 0 spiro atoms. The molecule has 1 amide bonds. The van der Waals surface area contributed by atoms with Crippen molar-refractivity contribution >= 4 is 11.9 Å². The summed E-state index contributed by atoms with van der Waals surface area (Å²) in [6.07, 6.45) is -0.138. The van der Waals surface area contributed by atoms with Gasteiger partial charge in [-0.15, -0.1) is 0 Å². The highest BCUT2D eigenvalue weighted by Crippen LogP contribution is 2.12. The van der Waals surface area contributed by atoms with Crippen molar-refractivity contribution in [3.05, 3.63) is 35.4 Å². The first-order valence-corrected chi connectivity index (χ1v) is 5.84. The Morgan fingerprint density at radius 1 is 1.32 bits per heavy atom. The lowest BCUT2D eigenvalue weighted by atomic mass is 10.1. The van der Waals surface area contributed by atoms with Crippen LogP contribution in [0.3, 0.4) is 0 Å². The molecule has 0 aliphatic heterocycles. The van der Waals surface area contributed by atoms with E-state index in [-0.39, 0.29) is 18.5 Å². The zero-order chi connectivity index (χ0) is 14.4. The van der Waals surface area contributed by atoms with Gasteiger partial charge >= 0.3 is 5.97 Å². The average molecular weight is 271 g/mol. The highest BCUT2D eigenvalue weighted by Gasteiger charge is 2.14. The van der Waals surface area contributed by atoms with Crippen molar-refractivity contribution in [1.29, 1.82) is 0 Å². The minimum Gasteiger partial charge on any atom is -0.481 e. The zero-order valence-corrected chi connectivity index (χ0v) is 10.5. The third-order valence-corrected chi connectivity index (χ3v) is 2.72.